The number of rotatable bonds is 2. The zero-order valence-corrected chi connectivity index (χ0v) is 9.86. The molecule has 0 fully saturated rings. The van der Waals surface area contributed by atoms with E-state index in [0.29, 0.717) is 4.60 Å². The molecule has 0 radical (unpaired) electrons. The van der Waals surface area contributed by atoms with E-state index in [0.717, 1.165) is 0 Å². The van der Waals surface area contributed by atoms with Crippen molar-refractivity contribution >= 4 is 28.3 Å². The third-order valence-corrected chi connectivity index (χ3v) is 2.01. The minimum absolute atomic E-state index is 0. The molecule has 0 saturated carbocycles. The lowest BCUT2D eigenvalue weighted by molar-refractivity contribution is -0.138. The Balaban J connectivity index is 0.00000196. The van der Waals surface area contributed by atoms with E-state index >= 15 is 0 Å². The van der Waals surface area contributed by atoms with Crippen LogP contribution in [0.3, 0.4) is 0 Å². The van der Waals surface area contributed by atoms with E-state index in [1.165, 1.54) is 6.07 Å². The van der Waals surface area contributed by atoms with Crippen molar-refractivity contribution < 1.29 is 13.2 Å². The molecule has 86 valence electrons. The van der Waals surface area contributed by atoms with Gasteiger partial charge in [-0.05, 0) is 28.1 Å². The highest BCUT2D eigenvalue weighted by Crippen LogP contribution is 2.27. The summed E-state index contributed by atoms with van der Waals surface area (Å²) >= 11 is 3.06. The summed E-state index contributed by atoms with van der Waals surface area (Å²) in [6.45, 7) is 0. The highest BCUT2D eigenvalue weighted by molar-refractivity contribution is 9.10. The van der Waals surface area contributed by atoms with E-state index in [-0.39, 0.29) is 18.1 Å². The van der Waals surface area contributed by atoms with Gasteiger partial charge in [-0.3, -0.25) is 0 Å². The van der Waals surface area contributed by atoms with Crippen LogP contribution in [0, 0.1) is 0 Å². The average Bonchev–Trinajstić information content (AvgIpc) is 2.01. The van der Waals surface area contributed by atoms with E-state index in [9.17, 15) is 13.2 Å². The number of hydrogen-bond donors (Lipinski definition) is 1. The van der Waals surface area contributed by atoms with Crippen LogP contribution in [-0.4, -0.2) is 11.2 Å². The van der Waals surface area contributed by atoms with E-state index in [1.807, 2.05) is 0 Å². The molecule has 0 unspecified atom stereocenters. The van der Waals surface area contributed by atoms with Crippen LogP contribution in [0.1, 0.15) is 18.2 Å². The van der Waals surface area contributed by atoms with Crippen LogP contribution >= 0.6 is 28.3 Å². The summed E-state index contributed by atoms with van der Waals surface area (Å²) in [5.74, 6) is 0. The van der Waals surface area contributed by atoms with Crippen LogP contribution in [0.2, 0.25) is 0 Å². The number of alkyl halides is 3. The number of halogens is 5. The number of hydrogen-bond acceptors (Lipinski definition) is 2. The van der Waals surface area contributed by atoms with Crippen molar-refractivity contribution in [2.45, 2.75) is 18.6 Å². The molecule has 0 aromatic carbocycles. The fourth-order valence-electron chi connectivity index (χ4n) is 0.984. The normalized spacial score (nSPS) is 13.1. The number of pyridine rings is 1. The maximum atomic E-state index is 12.0. The lowest BCUT2D eigenvalue weighted by Gasteiger charge is -2.13. The summed E-state index contributed by atoms with van der Waals surface area (Å²) in [5.41, 5.74) is 5.58. The zero-order chi connectivity index (χ0) is 10.8. The van der Waals surface area contributed by atoms with Crippen molar-refractivity contribution in [1.82, 2.24) is 4.98 Å². The summed E-state index contributed by atoms with van der Waals surface area (Å²) < 4.78 is 36.4. The molecule has 0 spiro atoms. The number of nitrogens with zero attached hydrogens (tertiary/aromatic N) is 1. The van der Waals surface area contributed by atoms with Gasteiger partial charge in [-0.2, -0.15) is 13.2 Å². The first-order chi connectivity index (χ1) is 6.38. The van der Waals surface area contributed by atoms with Crippen LogP contribution in [-0.2, 0) is 0 Å². The standard InChI is InChI=1S/C8H8BrF3N2.ClH/c9-7-3-1-2-6(14-7)5(13)4-8(10,11)12;/h1-3,5H,4,13H2;1H/t5-;/m0./s1. The Kier molecular flexibility index (Phi) is 5.55. The smallest absolute Gasteiger partial charge is 0.322 e. The molecule has 1 rings (SSSR count). The predicted molar refractivity (Wildman–Crippen MR) is 56.8 cm³/mol. The Bertz CT molecular complexity index is 319. The van der Waals surface area contributed by atoms with Gasteiger partial charge in [0.25, 0.3) is 0 Å². The van der Waals surface area contributed by atoms with Crippen molar-refractivity contribution in [3.63, 3.8) is 0 Å². The van der Waals surface area contributed by atoms with Crippen LogP contribution in [0.4, 0.5) is 13.2 Å². The minimum atomic E-state index is -4.26. The fraction of sp³-hybridized carbons (Fsp3) is 0.375. The van der Waals surface area contributed by atoms with Crippen molar-refractivity contribution in [1.29, 1.82) is 0 Å². The van der Waals surface area contributed by atoms with Gasteiger partial charge in [-0.25, -0.2) is 4.98 Å². The Hall–Kier alpha value is -0.330. The first kappa shape index (κ1) is 14.7. The van der Waals surface area contributed by atoms with Gasteiger partial charge in [-0.15, -0.1) is 12.4 Å². The molecule has 0 amide bonds. The van der Waals surface area contributed by atoms with Gasteiger partial charge < -0.3 is 5.73 Å². The van der Waals surface area contributed by atoms with E-state index in [1.54, 1.807) is 12.1 Å². The average molecular weight is 306 g/mol. The predicted octanol–water partition coefficient (Wildman–Crippen LogP) is 3.22. The summed E-state index contributed by atoms with van der Waals surface area (Å²) in [6.07, 6.45) is -5.32. The third kappa shape index (κ3) is 5.34. The lowest BCUT2D eigenvalue weighted by atomic mass is 10.1. The summed E-state index contributed by atoms with van der Waals surface area (Å²) in [4.78, 5) is 3.85. The Morgan fingerprint density at radius 1 is 1.40 bits per heavy atom. The fourth-order valence-corrected chi connectivity index (χ4v) is 1.34. The Morgan fingerprint density at radius 3 is 2.47 bits per heavy atom. The first-order valence-electron chi connectivity index (χ1n) is 3.83. The largest absolute Gasteiger partial charge is 0.390 e. The molecular weight excluding hydrogens is 296 g/mol. The molecule has 0 aliphatic rings. The number of nitrogens with two attached hydrogens (primary N) is 1. The molecule has 2 N–H and O–H groups in total. The SMILES string of the molecule is Cl.N[C@@H](CC(F)(F)F)c1cccc(Br)n1. The van der Waals surface area contributed by atoms with Gasteiger partial charge in [0.2, 0.25) is 0 Å². The van der Waals surface area contributed by atoms with Gasteiger partial charge in [0.15, 0.2) is 0 Å². The van der Waals surface area contributed by atoms with Crippen LogP contribution in [0.15, 0.2) is 22.8 Å². The molecule has 0 aliphatic heterocycles. The van der Waals surface area contributed by atoms with Gasteiger partial charge >= 0.3 is 6.18 Å². The zero-order valence-electron chi connectivity index (χ0n) is 7.46. The molecule has 1 atom stereocenters. The summed E-state index contributed by atoms with van der Waals surface area (Å²) in [5, 5.41) is 0. The van der Waals surface area contributed by atoms with Gasteiger partial charge in [0, 0.05) is 0 Å². The van der Waals surface area contributed by atoms with Crippen molar-refractivity contribution in [2.24, 2.45) is 5.73 Å². The highest BCUT2D eigenvalue weighted by atomic mass is 79.9. The quantitative estimate of drug-likeness (QED) is 0.852. The second-order valence-electron chi connectivity index (χ2n) is 2.81. The van der Waals surface area contributed by atoms with Crippen molar-refractivity contribution in [2.75, 3.05) is 0 Å². The molecular formula is C8H9BrClF3N2. The van der Waals surface area contributed by atoms with Gasteiger partial charge in [0.1, 0.15) is 4.60 Å². The van der Waals surface area contributed by atoms with E-state index in [2.05, 4.69) is 20.9 Å². The lowest BCUT2D eigenvalue weighted by Crippen LogP contribution is -2.21. The molecule has 0 aliphatic carbocycles. The maximum Gasteiger partial charge on any atom is 0.390 e. The summed E-state index contributed by atoms with van der Waals surface area (Å²) in [7, 11) is 0. The first-order valence-corrected chi connectivity index (χ1v) is 4.62. The highest BCUT2D eigenvalue weighted by Gasteiger charge is 2.31. The van der Waals surface area contributed by atoms with Gasteiger partial charge in [-0.1, -0.05) is 6.07 Å². The molecule has 7 heteroatoms. The van der Waals surface area contributed by atoms with E-state index in [4.69, 9.17) is 5.73 Å². The molecule has 2 nitrogen and oxygen atoms in total. The second kappa shape index (κ2) is 5.67. The molecule has 1 aromatic rings. The van der Waals surface area contributed by atoms with Gasteiger partial charge in [0.05, 0.1) is 18.2 Å². The summed E-state index contributed by atoms with van der Waals surface area (Å²) in [6, 6.07) is 3.60. The molecule has 0 saturated heterocycles. The molecule has 0 bridgehead atoms. The monoisotopic (exact) mass is 304 g/mol. The Labute approximate surface area is 99.6 Å². The van der Waals surface area contributed by atoms with Crippen LogP contribution in [0.5, 0.6) is 0 Å². The molecule has 15 heavy (non-hydrogen) atoms. The Morgan fingerprint density at radius 2 is 2.00 bits per heavy atom. The van der Waals surface area contributed by atoms with Crippen molar-refractivity contribution in [3.8, 4) is 0 Å². The number of aromatic nitrogens is 1. The molecule has 1 heterocycles. The van der Waals surface area contributed by atoms with Crippen molar-refractivity contribution in [3.05, 3.63) is 28.5 Å². The molecule has 1 aromatic heterocycles. The van der Waals surface area contributed by atoms with E-state index < -0.39 is 18.6 Å². The third-order valence-electron chi connectivity index (χ3n) is 1.57. The topological polar surface area (TPSA) is 38.9 Å². The minimum Gasteiger partial charge on any atom is -0.322 e. The van der Waals surface area contributed by atoms with Crippen LogP contribution in [0.25, 0.3) is 0 Å². The van der Waals surface area contributed by atoms with Crippen LogP contribution < -0.4 is 5.73 Å². The maximum absolute atomic E-state index is 12.0. The second-order valence-corrected chi connectivity index (χ2v) is 3.62.